The van der Waals surface area contributed by atoms with Crippen LogP contribution < -0.4 is 5.32 Å². The third-order valence-electron chi connectivity index (χ3n) is 4.06. The summed E-state index contributed by atoms with van der Waals surface area (Å²) in [5, 5.41) is 3.44. The summed E-state index contributed by atoms with van der Waals surface area (Å²) in [7, 11) is 4.59. The monoisotopic (exact) mass is 211 g/mol. The fraction of sp³-hybridized carbons (Fsp3) is 1.00. The maximum Gasteiger partial charge on any atom is 0.0223 e. The van der Waals surface area contributed by atoms with Crippen LogP contribution in [0.3, 0.4) is 0 Å². The Bertz CT molecular complexity index is 189. The van der Waals surface area contributed by atoms with Crippen LogP contribution >= 0.6 is 0 Å². The highest BCUT2D eigenvalue weighted by Crippen LogP contribution is 2.19. The molecule has 0 aromatic rings. The van der Waals surface area contributed by atoms with Gasteiger partial charge in [0.2, 0.25) is 0 Å². The van der Waals surface area contributed by atoms with Gasteiger partial charge in [-0.3, -0.25) is 4.90 Å². The minimum absolute atomic E-state index is 0.798. The maximum absolute atomic E-state index is 3.44. The molecule has 0 spiro atoms. The molecule has 0 aromatic heterocycles. The van der Waals surface area contributed by atoms with Gasteiger partial charge in [-0.25, -0.2) is 0 Å². The van der Waals surface area contributed by atoms with Crippen molar-refractivity contribution in [1.82, 2.24) is 15.1 Å². The lowest BCUT2D eigenvalue weighted by Crippen LogP contribution is -2.51. The van der Waals surface area contributed by atoms with Crippen molar-refractivity contribution in [2.45, 2.75) is 37.8 Å². The van der Waals surface area contributed by atoms with Crippen molar-refractivity contribution in [1.29, 1.82) is 0 Å². The van der Waals surface area contributed by atoms with Gasteiger partial charge >= 0.3 is 0 Å². The van der Waals surface area contributed by atoms with Gasteiger partial charge in [-0.05, 0) is 59.4 Å². The zero-order valence-electron chi connectivity index (χ0n) is 10.2. The lowest BCUT2D eigenvalue weighted by molar-refractivity contribution is 0.0845. The number of nitrogens with zero attached hydrogens (tertiary/aromatic N) is 2. The van der Waals surface area contributed by atoms with Crippen molar-refractivity contribution in [2.24, 2.45) is 0 Å². The van der Waals surface area contributed by atoms with E-state index in [1.165, 1.54) is 51.9 Å². The average Bonchev–Trinajstić information content (AvgIpc) is 2.29. The van der Waals surface area contributed by atoms with Crippen molar-refractivity contribution >= 4 is 0 Å². The number of nitrogens with one attached hydrogen (secondary N) is 1. The van der Waals surface area contributed by atoms with Crippen LogP contribution in [0.15, 0.2) is 0 Å². The number of hydrogen-bond acceptors (Lipinski definition) is 3. The number of rotatable bonds is 2. The quantitative estimate of drug-likeness (QED) is 0.728. The van der Waals surface area contributed by atoms with E-state index in [-0.39, 0.29) is 0 Å². The summed E-state index contributed by atoms with van der Waals surface area (Å²) in [4.78, 5) is 5.13. The predicted molar refractivity (Wildman–Crippen MR) is 64.2 cm³/mol. The van der Waals surface area contributed by atoms with Gasteiger partial charge in [0.25, 0.3) is 0 Å². The number of likely N-dealkylation sites (N-methyl/N-ethyl adjacent to an activating group) is 2. The Kier molecular flexibility index (Phi) is 4.00. The summed E-state index contributed by atoms with van der Waals surface area (Å²) >= 11 is 0. The number of piperidine rings is 2. The molecule has 3 nitrogen and oxygen atoms in total. The molecule has 0 aliphatic carbocycles. The van der Waals surface area contributed by atoms with E-state index in [9.17, 15) is 0 Å². The van der Waals surface area contributed by atoms with Crippen LogP contribution in [0.25, 0.3) is 0 Å². The summed E-state index contributed by atoms with van der Waals surface area (Å²) in [5.74, 6) is 0. The fourth-order valence-corrected chi connectivity index (χ4v) is 2.98. The first-order valence-electron chi connectivity index (χ1n) is 6.38. The first kappa shape index (κ1) is 11.4. The third kappa shape index (κ3) is 2.92. The second-order valence-electron chi connectivity index (χ2n) is 5.20. The van der Waals surface area contributed by atoms with Crippen molar-refractivity contribution in [2.75, 3.05) is 40.3 Å². The molecule has 0 saturated carbocycles. The minimum atomic E-state index is 0.798. The summed E-state index contributed by atoms with van der Waals surface area (Å²) in [5.41, 5.74) is 0. The highest BCUT2D eigenvalue weighted by atomic mass is 15.2. The van der Waals surface area contributed by atoms with Crippen LogP contribution in [0.2, 0.25) is 0 Å². The van der Waals surface area contributed by atoms with Crippen LogP contribution in [0.1, 0.15) is 25.7 Å². The van der Waals surface area contributed by atoms with E-state index in [0.717, 1.165) is 12.1 Å². The Morgan fingerprint density at radius 2 is 1.87 bits per heavy atom. The molecule has 88 valence electrons. The van der Waals surface area contributed by atoms with Crippen LogP contribution in [-0.4, -0.2) is 62.2 Å². The molecule has 2 saturated heterocycles. The first-order valence-corrected chi connectivity index (χ1v) is 6.38. The van der Waals surface area contributed by atoms with Crippen molar-refractivity contribution < 1.29 is 0 Å². The van der Waals surface area contributed by atoms with E-state index in [0.29, 0.717) is 0 Å². The predicted octanol–water partition coefficient (Wildman–Crippen LogP) is 0.764. The molecule has 2 heterocycles. The van der Waals surface area contributed by atoms with E-state index < -0.39 is 0 Å². The molecule has 0 bridgehead atoms. The molecule has 15 heavy (non-hydrogen) atoms. The van der Waals surface area contributed by atoms with Crippen LogP contribution in [0.5, 0.6) is 0 Å². The van der Waals surface area contributed by atoms with Gasteiger partial charge in [0.15, 0.2) is 0 Å². The summed E-state index contributed by atoms with van der Waals surface area (Å²) in [6.45, 7) is 4.96. The molecular formula is C12H25N3. The molecular weight excluding hydrogens is 186 g/mol. The first-order chi connectivity index (χ1) is 7.27. The smallest absolute Gasteiger partial charge is 0.0223 e. The van der Waals surface area contributed by atoms with Gasteiger partial charge in [-0.2, -0.15) is 0 Å². The van der Waals surface area contributed by atoms with Crippen molar-refractivity contribution in [3.8, 4) is 0 Å². The summed E-state index contributed by atoms with van der Waals surface area (Å²) in [6, 6.07) is 1.62. The minimum Gasteiger partial charge on any atom is -0.317 e. The van der Waals surface area contributed by atoms with E-state index in [1.807, 2.05) is 0 Å². The summed E-state index contributed by atoms with van der Waals surface area (Å²) < 4.78 is 0. The topological polar surface area (TPSA) is 18.5 Å². The Labute approximate surface area is 93.8 Å². The Morgan fingerprint density at radius 3 is 2.53 bits per heavy atom. The third-order valence-corrected chi connectivity index (χ3v) is 4.06. The summed E-state index contributed by atoms with van der Waals surface area (Å²) in [6.07, 6.45) is 5.43. The standard InChI is InChI=1S/C12H25N3/c1-14-9-3-4-12(10-14)15(2)11-5-7-13-8-6-11/h11-13H,3-10H2,1-2H3. The Balaban J connectivity index is 1.85. The fourth-order valence-electron chi connectivity index (χ4n) is 2.98. The molecule has 0 radical (unpaired) electrons. The van der Waals surface area contributed by atoms with Gasteiger partial charge in [0, 0.05) is 18.6 Å². The molecule has 1 N–H and O–H groups in total. The van der Waals surface area contributed by atoms with E-state index in [1.54, 1.807) is 0 Å². The highest BCUT2D eigenvalue weighted by molar-refractivity contribution is 4.84. The SMILES string of the molecule is CN1CCCC(N(C)C2CCNCC2)C1. The van der Waals surface area contributed by atoms with Crippen LogP contribution in [-0.2, 0) is 0 Å². The molecule has 0 aromatic carbocycles. The molecule has 2 aliphatic rings. The lowest BCUT2D eigenvalue weighted by Gasteiger charge is -2.41. The number of likely N-dealkylation sites (tertiary alicyclic amines) is 1. The van der Waals surface area contributed by atoms with Gasteiger partial charge in [0.1, 0.15) is 0 Å². The van der Waals surface area contributed by atoms with Gasteiger partial charge in [-0.1, -0.05) is 0 Å². The Hall–Kier alpha value is -0.120. The zero-order valence-corrected chi connectivity index (χ0v) is 10.2. The largest absolute Gasteiger partial charge is 0.317 e. The average molecular weight is 211 g/mol. The van der Waals surface area contributed by atoms with Gasteiger partial charge in [-0.15, -0.1) is 0 Å². The van der Waals surface area contributed by atoms with E-state index in [2.05, 4.69) is 29.2 Å². The lowest BCUT2D eigenvalue weighted by atomic mass is 9.99. The van der Waals surface area contributed by atoms with E-state index in [4.69, 9.17) is 0 Å². The van der Waals surface area contributed by atoms with Crippen LogP contribution in [0, 0.1) is 0 Å². The molecule has 2 aliphatic heterocycles. The molecule has 2 rings (SSSR count). The zero-order chi connectivity index (χ0) is 10.7. The van der Waals surface area contributed by atoms with Crippen molar-refractivity contribution in [3.05, 3.63) is 0 Å². The Morgan fingerprint density at radius 1 is 1.13 bits per heavy atom. The normalized spacial score (nSPS) is 31.0. The second-order valence-corrected chi connectivity index (χ2v) is 5.20. The molecule has 0 amide bonds. The van der Waals surface area contributed by atoms with Gasteiger partial charge < -0.3 is 10.2 Å². The molecule has 3 heteroatoms. The molecule has 1 atom stereocenters. The van der Waals surface area contributed by atoms with Crippen LogP contribution in [0.4, 0.5) is 0 Å². The second kappa shape index (κ2) is 5.28. The maximum atomic E-state index is 3.44. The van der Waals surface area contributed by atoms with Crippen molar-refractivity contribution in [3.63, 3.8) is 0 Å². The highest BCUT2D eigenvalue weighted by Gasteiger charge is 2.26. The molecule has 1 unspecified atom stereocenters. The van der Waals surface area contributed by atoms with Gasteiger partial charge in [0.05, 0.1) is 0 Å². The van der Waals surface area contributed by atoms with E-state index >= 15 is 0 Å². The number of hydrogen-bond donors (Lipinski definition) is 1. The molecule has 2 fully saturated rings.